The zero-order chi connectivity index (χ0) is 23.2. The van der Waals surface area contributed by atoms with E-state index in [-0.39, 0.29) is 5.91 Å². The second-order valence-electron chi connectivity index (χ2n) is 7.83. The van der Waals surface area contributed by atoms with Gasteiger partial charge in [0.05, 0.1) is 27.0 Å². The molecule has 33 heavy (non-hydrogen) atoms. The van der Waals surface area contributed by atoms with E-state index in [1.165, 1.54) is 5.56 Å². The lowest BCUT2D eigenvalue weighted by Crippen LogP contribution is -2.44. The van der Waals surface area contributed by atoms with Crippen LogP contribution < -0.4 is 24.0 Å². The van der Waals surface area contributed by atoms with Gasteiger partial charge in [-0.2, -0.15) is 0 Å². The van der Waals surface area contributed by atoms with Crippen molar-refractivity contribution in [3.63, 3.8) is 0 Å². The molecular formula is C26H29N3O4. The van der Waals surface area contributed by atoms with Crippen LogP contribution in [0.3, 0.4) is 0 Å². The van der Waals surface area contributed by atoms with E-state index in [9.17, 15) is 4.79 Å². The lowest BCUT2D eigenvalue weighted by Gasteiger charge is -2.36. The van der Waals surface area contributed by atoms with Gasteiger partial charge in [-0.05, 0) is 41.8 Å². The Morgan fingerprint density at radius 1 is 0.909 bits per heavy atom. The predicted octanol–water partition coefficient (Wildman–Crippen LogP) is 4.09. The number of carbonyl (C=O) groups is 1. The number of aromatic nitrogens is 1. The highest BCUT2D eigenvalue weighted by atomic mass is 16.5. The van der Waals surface area contributed by atoms with Crippen LogP contribution in [0.1, 0.15) is 17.5 Å². The summed E-state index contributed by atoms with van der Waals surface area (Å²) < 4.78 is 16.3. The first kappa shape index (κ1) is 22.5. The van der Waals surface area contributed by atoms with E-state index in [1.807, 2.05) is 47.4 Å². The minimum Gasteiger partial charge on any atom is -0.493 e. The van der Waals surface area contributed by atoms with E-state index in [0.29, 0.717) is 36.6 Å². The van der Waals surface area contributed by atoms with Gasteiger partial charge in [-0.25, -0.2) is 4.98 Å². The highest BCUT2D eigenvalue weighted by Gasteiger charge is 2.27. The van der Waals surface area contributed by atoms with E-state index in [0.717, 1.165) is 30.2 Å². The van der Waals surface area contributed by atoms with Gasteiger partial charge in [-0.3, -0.25) is 4.79 Å². The molecule has 0 saturated carbocycles. The van der Waals surface area contributed by atoms with Crippen molar-refractivity contribution in [3.8, 4) is 17.2 Å². The van der Waals surface area contributed by atoms with Gasteiger partial charge in [-0.15, -0.1) is 0 Å². The van der Waals surface area contributed by atoms with Gasteiger partial charge in [-0.1, -0.05) is 30.3 Å². The van der Waals surface area contributed by atoms with Crippen molar-refractivity contribution in [2.45, 2.75) is 19.4 Å². The molecule has 2 aromatic carbocycles. The number of rotatable bonds is 8. The molecule has 0 N–H and O–H groups in total. The van der Waals surface area contributed by atoms with Gasteiger partial charge < -0.3 is 24.0 Å². The second-order valence-corrected chi connectivity index (χ2v) is 7.83. The summed E-state index contributed by atoms with van der Waals surface area (Å²) in [7, 11) is 4.75. The van der Waals surface area contributed by atoms with Crippen molar-refractivity contribution >= 4 is 17.4 Å². The molecule has 2 heterocycles. The molecular weight excluding hydrogens is 418 g/mol. The molecule has 0 saturated heterocycles. The molecule has 1 aliphatic heterocycles. The van der Waals surface area contributed by atoms with Crippen LogP contribution in [0, 0.1) is 0 Å². The number of pyridine rings is 1. The Labute approximate surface area is 194 Å². The third kappa shape index (κ3) is 4.87. The molecule has 7 nitrogen and oxygen atoms in total. The Kier molecular flexibility index (Phi) is 6.98. The largest absolute Gasteiger partial charge is 0.493 e. The smallest absolute Gasteiger partial charge is 0.227 e. The summed E-state index contributed by atoms with van der Waals surface area (Å²) in [5.74, 6) is 2.63. The van der Waals surface area contributed by atoms with Crippen molar-refractivity contribution in [1.82, 2.24) is 4.98 Å². The molecule has 1 aliphatic rings. The van der Waals surface area contributed by atoms with Gasteiger partial charge in [0.2, 0.25) is 11.7 Å². The lowest BCUT2D eigenvalue weighted by molar-refractivity contribution is -0.118. The highest BCUT2D eigenvalue weighted by molar-refractivity contribution is 5.97. The van der Waals surface area contributed by atoms with Gasteiger partial charge in [0.1, 0.15) is 0 Å². The molecule has 7 heteroatoms. The number of fused-ring (bicyclic) bond motifs is 1. The fourth-order valence-electron chi connectivity index (χ4n) is 4.17. The summed E-state index contributed by atoms with van der Waals surface area (Å²) in [6.45, 7) is 2.12. The SMILES string of the molecule is COc1cc(CCC(=O)N2CCN(Cc3ccccc3)c3ncccc32)cc(OC)c1OC. The van der Waals surface area contributed by atoms with Crippen LogP contribution in [0.5, 0.6) is 17.2 Å². The first-order valence-electron chi connectivity index (χ1n) is 11.0. The molecule has 172 valence electrons. The Balaban J connectivity index is 1.49. The summed E-state index contributed by atoms with van der Waals surface area (Å²) in [5, 5.41) is 0. The maximum absolute atomic E-state index is 13.2. The number of hydrogen-bond donors (Lipinski definition) is 0. The first-order valence-corrected chi connectivity index (χ1v) is 11.0. The maximum Gasteiger partial charge on any atom is 0.227 e. The van der Waals surface area contributed by atoms with Crippen molar-refractivity contribution in [2.75, 3.05) is 44.2 Å². The van der Waals surface area contributed by atoms with Gasteiger partial charge in [0.15, 0.2) is 17.3 Å². The number of nitrogens with zero attached hydrogens (tertiary/aromatic N) is 3. The molecule has 0 unspecified atom stereocenters. The fourth-order valence-corrected chi connectivity index (χ4v) is 4.17. The number of methoxy groups -OCH3 is 3. The molecule has 0 spiro atoms. The second kappa shape index (κ2) is 10.3. The minimum absolute atomic E-state index is 0.0670. The minimum atomic E-state index is 0.0670. The molecule has 0 fully saturated rings. The average Bonchev–Trinajstić information content (AvgIpc) is 2.87. The predicted molar refractivity (Wildman–Crippen MR) is 129 cm³/mol. The average molecular weight is 448 g/mol. The van der Waals surface area contributed by atoms with E-state index in [4.69, 9.17) is 14.2 Å². The van der Waals surface area contributed by atoms with Gasteiger partial charge >= 0.3 is 0 Å². The number of carbonyl (C=O) groups excluding carboxylic acids is 1. The van der Waals surface area contributed by atoms with Crippen molar-refractivity contribution < 1.29 is 19.0 Å². The number of amides is 1. The molecule has 4 rings (SSSR count). The standard InChI is InChI=1S/C26H29N3O4/c1-31-22-16-20(17-23(32-2)25(22)33-3)11-12-24(30)29-15-14-28(18-19-8-5-4-6-9-19)26-21(29)10-7-13-27-26/h4-10,13,16-17H,11-12,14-15,18H2,1-3H3. The highest BCUT2D eigenvalue weighted by Crippen LogP contribution is 2.38. The van der Waals surface area contributed by atoms with Gasteiger partial charge in [0, 0.05) is 32.3 Å². The monoisotopic (exact) mass is 447 g/mol. The third-order valence-corrected chi connectivity index (χ3v) is 5.82. The van der Waals surface area contributed by atoms with Crippen molar-refractivity contribution in [2.24, 2.45) is 0 Å². The Morgan fingerprint density at radius 2 is 1.64 bits per heavy atom. The van der Waals surface area contributed by atoms with Crippen molar-refractivity contribution in [1.29, 1.82) is 0 Å². The van der Waals surface area contributed by atoms with Crippen LogP contribution in [0.2, 0.25) is 0 Å². The number of ether oxygens (including phenoxy) is 3. The molecule has 3 aromatic rings. The van der Waals surface area contributed by atoms with Crippen LogP contribution in [-0.4, -0.2) is 45.3 Å². The summed E-state index contributed by atoms with van der Waals surface area (Å²) >= 11 is 0. The molecule has 0 atom stereocenters. The quantitative estimate of drug-likeness (QED) is 0.518. The zero-order valence-corrected chi connectivity index (χ0v) is 19.3. The van der Waals surface area contributed by atoms with Gasteiger partial charge in [0.25, 0.3) is 0 Å². The molecule has 0 radical (unpaired) electrons. The Hall–Kier alpha value is -3.74. The number of benzene rings is 2. The van der Waals surface area contributed by atoms with E-state index >= 15 is 0 Å². The first-order chi connectivity index (χ1) is 16.1. The van der Waals surface area contributed by atoms with E-state index < -0.39 is 0 Å². The lowest BCUT2D eigenvalue weighted by atomic mass is 10.1. The third-order valence-electron chi connectivity index (χ3n) is 5.82. The van der Waals surface area contributed by atoms with Crippen LogP contribution in [-0.2, 0) is 17.8 Å². The van der Waals surface area contributed by atoms with E-state index in [2.05, 4.69) is 22.0 Å². The van der Waals surface area contributed by atoms with Crippen LogP contribution in [0.4, 0.5) is 11.5 Å². The normalized spacial score (nSPS) is 12.8. The molecule has 1 amide bonds. The molecule has 0 aliphatic carbocycles. The Bertz CT molecular complexity index is 1080. The van der Waals surface area contributed by atoms with Crippen molar-refractivity contribution in [3.05, 3.63) is 71.9 Å². The topological polar surface area (TPSA) is 64.1 Å². The van der Waals surface area contributed by atoms with Crippen LogP contribution >= 0.6 is 0 Å². The number of hydrogen-bond acceptors (Lipinski definition) is 6. The van der Waals surface area contributed by atoms with Crippen LogP contribution in [0.25, 0.3) is 0 Å². The fraction of sp³-hybridized carbons (Fsp3) is 0.308. The summed E-state index contributed by atoms with van der Waals surface area (Å²) in [4.78, 5) is 21.9. The van der Waals surface area contributed by atoms with Crippen LogP contribution in [0.15, 0.2) is 60.8 Å². The molecule has 1 aromatic heterocycles. The summed E-state index contributed by atoms with van der Waals surface area (Å²) in [6.07, 6.45) is 2.71. The Morgan fingerprint density at radius 3 is 2.30 bits per heavy atom. The molecule has 0 bridgehead atoms. The number of anilines is 2. The maximum atomic E-state index is 13.2. The van der Waals surface area contributed by atoms with E-state index in [1.54, 1.807) is 27.5 Å². The zero-order valence-electron chi connectivity index (χ0n) is 19.3. The number of aryl methyl sites for hydroxylation is 1. The summed E-state index contributed by atoms with van der Waals surface area (Å²) in [5.41, 5.74) is 3.03. The summed E-state index contributed by atoms with van der Waals surface area (Å²) in [6, 6.07) is 17.9.